The van der Waals surface area contributed by atoms with Crippen LogP contribution in [-0.4, -0.2) is 25.0 Å². The molecule has 112 valence electrons. The van der Waals surface area contributed by atoms with Crippen LogP contribution < -0.4 is 0 Å². The average molecular weight is 331 g/mol. The standard InChI is InChI=1S/C14H13N5OS2/c1-2-8-19-12(10-6-4-3-5-7-10)16-17-13(19)22-9-11-15-18-14(21)20-11/h2-7H,1,8-9H2,(H,18,21). The van der Waals surface area contributed by atoms with E-state index in [4.69, 9.17) is 16.6 Å². The number of aromatic nitrogens is 5. The maximum Gasteiger partial charge on any atom is 0.284 e. The summed E-state index contributed by atoms with van der Waals surface area (Å²) < 4.78 is 7.25. The van der Waals surface area contributed by atoms with Crippen LogP contribution in [0.2, 0.25) is 0 Å². The molecule has 0 saturated heterocycles. The van der Waals surface area contributed by atoms with E-state index in [0.29, 0.717) is 18.2 Å². The summed E-state index contributed by atoms with van der Waals surface area (Å²) in [6.45, 7) is 4.43. The van der Waals surface area contributed by atoms with Crippen molar-refractivity contribution in [3.63, 3.8) is 0 Å². The summed E-state index contributed by atoms with van der Waals surface area (Å²) in [6, 6.07) is 9.93. The lowest BCUT2D eigenvalue weighted by Gasteiger charge is -2.06. The Morgan fingerprint density at radius 1 is 1.32 bits per heavy atom. The second-order valence-electron chi connectivity index (χ2n) is 4.37. The number of hydrogen-bond donors (Lipinski definition) is 1. The van der Waals surface area contributed by atoms with Crippen molar-refractivity contribution in [3.05, 3.63) is 53.7 Å². The number of hydrogen-bond acceptors (Lipinski definition) is 6. The molecular formula is C14H13N5OS2. The molecule has 0 aliphatic rings. The molecule has 0 atom stereocenters. The van der Waals surface area contributed by atoms with E-state index in [1.54, 1.807) is 0 Å². The first kappa shape index (κ1) is 14.7. The summed E-state index contributed by atoms with van der Waals surface area (Å²) in [5.41, 5.74) is 1.01. The fraction of sp³-hybridized carbons (Fsp3) is 0.143. The molecule has 0 aliphatic carbocycles. The highest BCUT2D eigenvalue weighted by Gasteiger charge is 2.14. The van der Waals surface area contributed by atoms with Gasteiger partial charge in [-0.3, -0.25) is 4.57 Å². The van der Waals surface area contributed by atoms with E-state index < -0.39 is 0 Å². The average Bonchev–Trinajstić information content (AvgIpc) is 3.13. The fourth-order valence-electron chi connectivity index (χ4n) is 1.94. The molecule has 6 nitrogen and oxygen atoms in total. The van der Waals surface area contributed by atoms with Crippen molar-refractivity contribution in [2.75, 3.05) is 0 Å². The minimum atomic E-state index is 0.271. The molecule has 3 aromatic rings. The Morgan fingerprint density at radius 3 is 2.82 bits per heavy atom. The number of aromatic amines is 1. The Bertz CT molecular complexity index is 821. The van der Waals surface area contributed by atoms with Gasteiger partial charge in [0, 0.05) is 12.1 Å². The number of benzene rings is 1. The van der Waals surface area contributed by atoms with Gasteiger partial charge in [0.2, 0.25) is 5.89 Å². The number of allylic oxidation sites excluding steroid dienone is 1. The molecule has 0 aliphatic heterocycles. The minimum absolute atomic E-state index is 0.271. The van der Waals surface area contributed by atoms with Gasteiger partial charge in [-0.15, -0.1) is 21.9 Å². The Kier molecular flexibility index (Phi) is 4.50. The predicted octanol–water partition coefficient (Wildman–Crippen LogP) is 3.47. The van der Waals surface area contributed by atoms with Crippen molar-refractivity contribution in [2.45, 2.75) is 17.5 Å². The second-order valence-corrected chi connectivity index (χ2v) is 5.68. The molecule has 0 unspecified atom stereocenters. The molecular weight excluding hydrogens is 318 g/mol. The highest BCUT2D eigenvalue weighted by Crippen LogP contribution is 2.25. The molecule has 8 heteroatoms. The van der Waals surface area contributed by atoms with Gasteiger partial charge >= 0.3 is 0 Å². The quantitative estimate of drug-likeness (QED) is 0.423. The number of H-pyrrole nitrogens is 1. The molecule has 1 N–H and O–H groups in total. The Labute approximate surface area is 136 Å². The van der Waals surface area contributed by atoms with Crippen LogP contribution in [0.25, 0.3) is 11.4 Å². The molecule has 0 radical (unpaired) electrons. The van der Waals surface area contributed by atoms with Crippen LogP contribution in [0.15, 0.2) is 52.6 Å². The lowest BCUT2D eigenvalue weighted by molar-refractivity contribution is 0.500. The van der Waals surface area contributed by atoms with Crippen molar-refractivity contribution in [1.29, 1.82) is 0 Å². The van der Waals surface area contributed by atoms with Gasteiger partial charge in [-0.1, -0.05) is 48.2 Å². The number of nitrogens with zero attached hydrogens (tertiary/aromatic N) is 4. The van der Waals surface area contributed by atoms with Gasteiger partial charge in [0.1, 0.15) is 0 Å². The Hall–Kier alpha value is -2.19. The van der Waals surface area contributed by atoms with E-state index in [1.807, 2.05) is 41.0 Å². The third-order valence-electron chi connectivity index (χ3n) is 2.87. The monoisotopic (exact) mass is 331 g/mol. The van der Waals surface area contributed by atoms with E-state index in [-0.39, 0.29) is 4.84 Å². The maximum absolute atomic E-state index is 5.25. The lowest BCUT2D eigenvalue weighted by atomic mass is 10.2. The molecule has 1 aromatic carbocycles. The molecule has 2 aromatic heterocycles. The van der Waals surface area contributed by atoms with Crippen molar-refractivity contribution in [2.24, 2.45) is 0 Å². The zero-order chi connectivity index (χ0) is 15.4. The number of thioether (sulfide) groups is 1. The second kappa shape index (κ2) is 6.71. The Balaban J connectivity index is 1.86. The molecule has 0 spiro atoms. The van der Waals surface area contributed by atoms with Crippen molar-refractivity contribution < 1.29 is 4.42 Å². The van der Waals surface area contributed by atoms with E-state index in [0.717, 1.165) is 16.5 Å². The SMILES string of the molecule is C=CCn1c(SCc2n[nH]c(=S)o2)nnc1-c1ccccc1. The topological polar surface area (TPSA) is 72.5 Å². The smallest absolute Gasteiger partial charge is 0.284 e. The van der Waals surface area contributed by atoms with Gasteiger partial charge < -0.3 is 4.42 Å². The van der Waals surface area contributed by atoms with Gasteiger partial charge in [0.25, 0.3) is 4.84 Å². The highest BCUT2D eigenvalue weighted by molar-refractivity contribution is 7.98. The van der Waals surface area contributed by atoms with Crippen molar-refractivity contribution in [1.82, 2.24) is 25.0 Å². The summed E-state index contributed by atoms with van der Waals surface area (Å²) in [5.74, 6) is 1.87. The van der Waals surface area contributed by atoms with Crippen LogP contribution in [0.1, 0.15) is 5.89 Å². The Morgan fingerprint density at radius 2 is 2.14 bits per heavy atom. The highest BCUT2D eigenvalue weighted by atomic mass is 32.2. The van der Waals surface area contributed by atoms with E-state index in [9.17, 15) is 0 Å². The zero-order valence-electron chi connectivity index (χ0n) is 11.6. The van der Waals surface area contributed by atoms with Crippen LogP contribution in [-0.2, 0) is 12.3 Å². The zero-order valence-corrected chi connectivity index (χ0v) is 13.2. The van der Waals surface area contributed by atoms with Crippen LogP contribution in [0.5, 0.6) is 0 Å². The fourth-order valence-corrected chi connectivity index (χ4v) is 2.87. The molecule has 0 bridgehead atoms. The van der Waals surface area contributed by atoms with Crippen LogP contribution in [0.4, 0.5) is 0 Å². The van der Waals surface area contributed by atoms with Gasteiger partial charge in [0.05, 0.1) is 5.75 Å². The molecule has 0 amide bonds. The third kappa shape index (κ3) is 3.18. The normalized spacial score (nSPS) is 10.7. The summed E-state index contributed by atoms with van der Waals surface area (Å²) in [7, 11) is 0. The van der Waals surface area contributed by atoms with Gasteiger partial charge in [-0.05, 0) is 12.2 Å². The molecule has 0 saturated carbocycles. The lowest BCUT2D eigenvalue weighted by Crippen LogP contribution is -2.00. The third-order valence-corrected chi connectivity index (χ3v) is 3.99. The first-order valence-corrected chi connectivity index (χ1v) is 7.94. The van der Waals surface area contributed by atoms with E-state index >= 15 is 0 Å². The predicted molar refractivity (Wildman–Crippen MR) is 86.9 cm³/mol. The van der Waals surface area contributed by atoms with Crippen LogP contribution >= 0.6 is 24.0 Å². The summed E-state index contributed by atoms with van der Waals surface area (Å²) in [5, 5.41) is 15.9. The van der Waals surface area contributed by atoms with Crippen molar-refractivity contribution in [3.8, 4) is 11.4 Å². The summed E-state index contributed by atoms with van der Waals surface area (Å²) >= 11 is 6.35. The van der Waals surface area contributed by atoms with E-state index in [2.05, 4.69) is 27.0 Å². The molecule has 2 heterocycles. The number of nitrogens with one attached hydrogen (secondary N) is 1. The largest absolute Gasteiger partial charge is 0.413 e. The van der Waals surface area contributed by atoms with Crippen LogP contribution in [0, 0.1) is 4.84 Å². The summed E-state index contributed by atoms with van der Waals surface area (Å²) in [4.78, 5) is 0.271. The minimum Gasteiger partial charge on any atom is -0.413 e. The van der Waals surface area contributed by atoms with Gasteiger partial charge in [-0.25, -0.2) is 5.10 Å². The van der Waals surface area contributed by atoms with E-state index in [1.165, 1.54) is 11.8 Å². The first-order valence-electron chi connectivity index (χ1n) is 6.54. The number of rotatable bonds is 6. The van der Waals surface area contributed by atoms with Gasteiger partial charge in [-0.2, -0.15) is 0 Å². The molecule has 3 rings (SSSR count). The summed E-state index contributed by atoms with van der Waals surface area (Å²) in [6.07, 6.45) is 1.82. The molecule has 22 heavy (non-hydrogen) atoms. The van der Waals surface area contributed by atoms with Crippen molar-refractivity contribution >= 4 is 24.0 Å². The maximum atomic E-state index is 5.25. The first-order chi connectivity index (χ1) is 10.8. The molecule has 0 fully saturated rings. The van der Waals surface area contributed by atoms with Crippen LogP contribution in [0.3, 0.4) is 0 Å². The van der Waals surface area contributed by atoms with Gasteiger partial charge in [0.15, 0.2) is 11.0 Å².